The van der Waals surface area contributed by atoms with Gasteiger partial charge in [0.25, 0.3) is 10.1 Å². The summed E-state index contributed by atoms with van der Waals surface area (Å²) in [5, 5.41) is 0. The molecule has 0 amide bonds. The second kappa shape index (κ2) is 7.25. The molecule has 0 saturated carbocycles. The van der Waals surface area contributed by atoms with E-state index in [4.69, 9.17) is 9.39 Å². The van der Waals surface area contributed by atoms with Gasteiger partial charge in [0.05, 0.1) is 12.4 Å². The van der Waals surface area contributed by atoms with E-state index in [-0.39, 0.29) is 5.75 Å². The molecule has 0 bridgehead atoms. The Balaban J connectivity index is 3.09. The van der Waals surface area contributed by atoms with E-state index in [1.807, 2.05) is 0 Å². The molecule has 0 fully saturated rings. The summed E-state index contributed by atoms with van der Waals surface area (Å²) in [5.74, 6) is -0.225. The van der Waals surface area contributed by atoms with E-state index in [1.54, 1.807) is 0 Å². The largest absolute Gasteiger partial charge is 0.302 e. The van der Waals surface area contributed by atoms with Crippen LogP contribution in [-0.2, 0) is 15.0 Å². The fourth-order valence-corrected chi connectivity index (χ4v) is 1.20. The van der Waals surface area contributed by atoms with Crippen LogP contribution in [0, 0.1) is 0 Å². The molecule has 0 rings (SSSR count). The van der Waals surface area contributed by atoms with Crippen molar-refractivity contribution in [3.63, 3.8) is 0 Å². The molecule has 0 spiro atoms. The first kappa shape index (κ1) is 12.8. The Hall–Kier alpha value is -0.170. The van der Waals surface area contributed by atoms with Gasteiger partial charge in [0, 0.05) is 6.54 Å². The highest BCUT2D eigenvalue weighted by atomic mass is 32.2. The Kier molecular flexibility index (Phi) is 7.16. The Morgan fingerprint density at radius 2 is 2.08 bits per heavy atom. The van der Waals surface area contributed by atoms with Crippen molar-refractivity contribution in [3.05, 3.63) is 0 Å². The van der Waals surface area contributed by atoms with Gasteiger partial charge in [-0.2, -0.15) is 8.42 Å². The zero-order valence-corrected chi connectivity index (χ0v) is 8.64. The molecule has 0 aromatic rings. The third-order valence-electron chi connectivity index (χ3n) is 1.38. The summed E-state index contributed by atoms with van der Waals surface area (Å²) in [7, 11) is -3.82. The summed E-state index contributed by atoms with van der Waals surface area (Å²) in [6, 6.07) is 0. The van der Waals surface area contributed by atoms with Crippen LogP contribution in [-0.4, -0.2) is 31.9 Å². The minimum absolute atomic E-state index is 0.225. The lowest BCUT2D eigenvalue weighted by Crippen LogP contribution is -2.19. The summed E-state index contributed by atoms with van der Waals surface area (Å²) in [4.78, 5) is 4.96. The average molecular weight is 211 g/mol. The molecule has 0 unspecified atom stereocenters. The maximum atomic E-state index is 10.3. The molecule has 13 heavy (non-hydrogen) atoms. The van der Waals surface area contributed by atoms with Crippen molar-refractivity contribution in [2.75, 3.05) is 18.9 Å². The molecule has 0 saturated heterocycles. The van der Waals surface area contributed by atoms with E-state index in [0.29, 0.717) is 19.6 Å². The van der Waals surface area contributed by atoms with Crippen molar-refractivity contribution >= 4 is 10.1 Å². The number of hydrogen-bond donors (Lipinski definition) is 2. The van der Waals surface area contributed by atoms with Crippen LogP contribution in [0.15, 0.2) is 0 Å². The van der Waals surface area contributed by atoms with E-state index >= 15 is 0 Å². The summed E-state index contributed by atoms with van der Waals surface area (Å²) >= 11 is 0. The Bertz CT molecular complexity index is 203. The summed E-state index contributed by atoms with van der Waals surface area (Å²) in [5.41, 5.74) is 2.62. The quantitative estimate of drug-likeness (QED) is 0.349. The van der Waals surface area contributed by atoms with Crippen LogP contribution in [0.25, 0.3) is 0 Å². The molecule has 5 nitrogen and oxygen atoms in total. The van der Waals surface area contributed by atoms with E-state index < -0.39 is 10.1 Å². The standard InChI is InChI=1S/C7H17NO4S/c1-2-3-6-12-8-5-4-7-13(9,10)11/h8H,2-7H2,1H3,(H,9,10,11). The zero-order chi connectivity index (χ0) is 10.2. The molecule has 0 atom stereocenters. The van der Waals surface area contributed by atoms with Gasteiger partial charge in [-0.3, -0.25) is 4.55 Å². The predicted molar refractivity (Wildman–Crippen MR) is 49.9 cm³/mol. The lowest BCUT2D eigenvalue weighted by atomic mass is 10.4. The van der Waals surface area contributed by atoms with Crippen LogP contribution in [0.5, 0.6) is 0 Å². The van der Waals surface area contributed by atoms with Crippen molar-refractivity contribution in [3.8, 4) is 0 Å². The Labute approximate surface area is 79.2 Å². The minimum Gasteiger partial charge on any atom is -0.302 e. The van der Waals surface area contributed by atoms with Crippen molar-refractivity contribution < 1.29 is 17.8 Å². The normalized spacial score (nSPS) is 11.8. The number of unbranched alkanes of at least 4 members (excludes halogenated alkanes) is 1. The summed E-state index contributed by atoms with van der Waals surface area (Å²) < 4.78 is 28.9. The molecule has 0 aliphatic heterocycles. The highest BCUT2D eigenvalue weighted by Crippen LogP contribution is 1.88. The highest BCUT2D eigenvalue weighted by Gasteiger charge is 2.02. The smallest absolute Gasteiger partial charge is 0.264 e. The molecule has 0 aromatic carbocycles. The Morgan fingerprint density at radius 3 is 2.62 bits per heavy atom. The lowest BCUT2D eigenvalue weighted by molar-refractivity contribution is 0.0396. The second-order valence-electron chi connectivity index (χ2n) is 2.74. The first-order valence-corrected chi connectivity index (χ1v) is 5.97. The van der Waals surface area contributed by atoms with Gasteiger partial charge in [-0.1, -0.05) is 13.3 Å². The van der Waals surface area contributed by atoms with Crippen molar-refractivity contribution in [1.82, 2.24) is 5.48 Å². The van der Waals surface area contributed by atoms with Crippen LogP contribution in [0.3, 0.4) is 0 Å². The van der Waals surface area contributed by atoms with Crippen LogP contribution in [0.4, 0.5) is 0 Å². The van der Waals surface area contributed by atoms with Gasteiger partial charge in [-0.25, -0.2) is 5.48 Å². The third-order valence-corrected chi connectivity index (χ3v) is 2.19. The van der Waals surface area contributed by atoms with Crippen LogP contribution in [0.1, 0.15) is 26.2 Å². The zero-order valence-electron chi connectivity index (χ0n) is 7.82. The van der Waals surface area contributed by atoms with Crippen LogP contribution in [0.2, 0.25) is 0 Å². The van der Waals surface area contributed by atoms with Gasteiger partial charge < -0.3 is 4.84 Å². The average Bonchev–Trinajstić information content (AvgIpc) is 2.01. The number of hydroxylamine groups is 1. The maximum absolute atomic E-state index is 10.3. The van der Waals surface area contributed by atoms with E-state index in [0.717, 1.165) is 12.8 Å². The summed E-state index contributed by atoms with van der Waals surface area (Å²) in [6.45, 7) is 3.12. The molecular weight excluding hydrogens is 194 g/mol. The fraction of sp³-hybridized carbons (Fsp3) is 1.00. The highest BCUT2D eigenvalue weighted by molar-refractivity contribution is 7.85. The molecule has 80 valence electrons. The maximum Gasteiger partial charge on any atom is 0.264 e. The molecular formula is C7H17NO4S. The van der Waals surface area contributed by atoms with E-state index in [2.05, 4.69) is 12.4 Å². The van der Waals surface area contributed by atoms with Crippen molar-refractivity contribution in [2.24, 2.45) is 0 Å². The van der Waals surface area contributed by atoms with Gasteiger partial charge >= 0.3 is 0 Å². The van der Waals surface area contributed by atoms with Gasteiger partial charge in [0.2, 0.25) is 0 Å². The molecule has 0 aromatic heterocycles. The lowest BCUT2D eigenvalue weighted by Gasteiger charge is -2.03. The number of rotatable bonds is 8. The van der Waals surface area contributed by atoms with E-state index in [1.165, 1.54) is 0 Å². The molecule has 0 radical (unpaired) electrons. The monoisotopic (exact) mass is 211 g/mol. The molecule has 2 N–H and O–H groups in total. The summed E-state index contributed by atoms with van der Waals surface area (Å²) in [6.07, 6.45) is 2.39. The molecule has 0 heterocycles. The van der Waals surface area contributed by atoms with Crippen molar-refractivity contribution in [1.29, 1.82) is 0 Å². The van der Waals surface area contributed by atoms with Gasteiger partial charge in [0.15, 0.2) is 0 Å². The molecule has 0 aliphatic rings. The Morgan fingerprint density at radius 1 is 1.38 bits per heavy atom. The van der Waals surface area contributed by atoms with Gasteiger partial charge in [-0.15, -0.1) is 0 Å². The van der Waals surface area contributed by atoms with Gasteiger partial charge in [0.1, 0.15) is 0 Å². The predicted octanol–water partition coefficient (Wildman–Crippen LogP) is 0.586. The second-order valence-corrected chi connectivity index (χ2v) is 4.31. The number of hydrogen-bond acceptors (Lipinski definition) is 4. The first-order valence-electron chi connectivity index (χ1n) is 4.36. The molecule has 6 heteroatoms. The van der Waals surface area contributed by atoms with Crippen molar-refractivity contribution in [2.45, 2.75) is 26.2 Å². The number of nitrogens with one attached hydrogen (secondary N) is 1. The van der Waals surface area contributed by atoms with Crippen LogP contribution >= 0.6 is 0 Å². The fourth-order valence-electron chi connectivity index (χ4n) is 0.688. The first-order chi connectivity index (χ1) is 6.06. The molecule has 0 aliphatic carbocycles. The SMILES string of the molecule is CCCCONCCCS(=O)(=O)O. The topological polar surface area (TPSA) is 75.6 Å². The van der Waals surface area contributed by atoms with Gasteiger partial charge in [-0.05, 0) is 12.8 Å². The van der Waals surface area contributed by atoms with Crippen LogP contribution < -0.4 is 5.48 Å². The van der Waals surface area contributed by atoms with E-state index in [9.17, 15) is 8.42 Å². The third kappa shape index (κ3) is 11.8. The minimum atomic E-state index is -3.82.